The third-order valence-electron chi connectivity index (χ3n) is 4.01. The molecule has 6 nitrogen and oxygen atoms in total. The van der Waals surface area contributed by atoms with Gasteiger partial charge in [-0.2, -0.15) is 0 Å². The van der Waals surface area contributed by atoms with Crippen molar-refractivity contribution in [3.8, 4) is 5.75 Å². The zero-order chi connectivity index (χ0) is 19.2. The Balaban J connectivity index is 1.43. The van der Waals surface area contributed by atoms with Crippen molar-refractivity contribution in [3.63, 3.8) is 0 Å². The van der Waals surface area contributed by atoms with Gasteiger partial charge in [0, 0.05) is 23.0 Å². The van der Waals surface area contributed by atoms with Gasteiger partial charge in [-0.05, 0) is 36.4 Å². The molecule has 1 heterocycles. The zero-order valence-electron chi connectivity index (χ0n) is 14.8. The Morgan fingerprint density at radius 1 is 1.11 bits per heavy atom. The molecule has 0 saturated carbocycles. The summed E-state index contributed by atoms with van der Waals surface area (Å²) in [5.41, 5.74) is 1.16. The number of para-hydroxylation sites is 1. The molecule has 3 rings (SSSR count). The summed E-state index contributed by atoms with van der Waals surface area (Å²) in [5, 5.41) is 1.54. The number of halogens is 1. The van der Waals surface area contributed by atoms with E-state index < -0.39 is 5.97 Å². The van der Waals surface area contributed by atoms with E-state index in [1.54, 1.807) is 37.4 Å². The number of fused-ring (bicyclic) bond motifs is 1. The van der Waals surface area contributed by atoms with Gasteiger partial charge in [-0.25, -0.2) is 4.79 Å². The summed E-state index contributed by atoms with van der Waals surface area (Å²) < 4.78 is 10.6. The topological polar surface area (TPSA) is 71.6 Å². The molecule has 0 aliphatic heterocycles. The van der Waals surface area contributed by atoms with Crippen LogP contribution >= 0.6 is 11.6 Å². The molecular weight excluding hydrogens is 368 g/mol. The highest BCUT2D eigenvalue weighted by Crippen LogP contribution is 2.16. The van der Waals surface area contributed by atoms with Crippen molar-refractivity contribution in [3.05, 3.63) is 65.3 Å². The van der Waals surface area contributed by atoms with Crippen LogP contribution in [-0.4, -0.2) is 48.6 Å². The number of nitrogens with one attached hydrogen (secondary N) is 1. The number of H-pyrrole nitrogens is 1. The molecule has 0 fully saturated rings. The van der Waals surface area contributed by atoms with E-state index >= 15 is 0 Å². The number of aromatic nitrogens is 1. The number of esters is 1. The van der Waals surface area contributed by atoms with Crippen LogP contribution in [-0.2, 0) is 9.53 Å². The fourth-order valence-electron chi connectivity index (χ4n) is 2.45. The van der Waals surface area contributed by atoms with Crippen molar-refractivity contribution < 1.29 is 19.1 Å². The second-order valence-corrected chi connectivity index (χ2v) is 6.40. The number of hydrogen-bond acceptors (Lipinski definition) is 4. The number of carbonyl (C=O) groups excluding carboxylic acids is 2. The molecule has 7 heteroatoms. The second kappa shape index (κ2) is 8.60. The summed E-state index contributed by atoms with van der Waals surface area (Å²) in [4.78, 5) is 28.6. The van der Waals surface area contributed by atoms with Crippen molar-refractivity contribution in [2.45, 2.75) is 0 Å². The highest BCUT2D eigenvalue weighted by molar-refractivity contribution is 6.30. The van der Waals surface area contributed by atoms with E-state index in [2.05, 4.69) is 4.98 Å². The lowest BCUT2D eigenvalue weighted by molar-refractivity contribution is -0.133. The van der Waals surface area contributed by atoms with Crippen molar-refractivity contribution in [2.75, 3.05) is 26.8 Å². The summed E-state index contributed by atoms with van der Waals surface area (Å²) in [6.07, 6.45) is 0. The predicted octanol–water partition coefficient (Wildman–Crippen LogP) is 3.52. The third-order valence-corrected chi connectivity index (χ3v) is 4.26. The highest BCUT2D eigenvalue weighted by Gasteiger charge is 2.15. The lowest BCUT2D eigenvalue weighted by atomic mass is 10.2. The standard InChI is InChI=1S/C20H19ClN2O4/c1-23(10-11-26-16-8-6-15(21)7-9-16)19(24)13-27-20(25)18-12-14-4-2-3-5-17(14)22-18/h2-9,12,22H,10-11,13H2,1H3. The smallest absolute Gasteiger partial charge is 0.355 e. The zero-order valence-corrected chi connectivity index (χ0v) is 15.5. The van der Waals surface area contributed by atoms with Crippen LogP contribution in [0, 0.1) is 0 Å². The maximum absolute atomic E-state index is 12.1. The molecule has 1 N–H and O–H groups in total. The van der Waals surface area contributed by atoms with Crippen molar-refractivity contribution in [1.82, 2.24) is 9.88 Å². The molecular formula is C20H19ClN2O4. The normalized spacial score (nSPS) is 10.6. The van der Waals surface area contributed by atoms with Gasteiger partial charge in [-0.15, -0.1) is 0 Å². The Morgan fingerprint density at radius 2 is 1.85 bits per heavy atom. The molecule has 0 radical (unpaired) electrons. The van der Waals surface area contributed by atoms with Crippen LogP contribution in [0.5, 0.6) is 5.75 Å². The average Bonchev–Trinajstić information content (AvgIpc) is 3.11. The van der Waals surface area contributed by atoms with Crippen molar-refractivity contribution >= 4 is 34.4 Å². The molecule has 0 atom stereocenters. The van der Waals surface area contributed by atoms with Crippen LogP contribution in [0.3, 0.4) is 0 Å². The molecule has 0 aliphatic carbocycles. The lowest BCUT2D eigenvalue weighted by Gasteiger charge is -2.17. The first-order valence-corrected chi connectivity index (χ1v) is 8.78. The van der Waals surface area contributed by atoms with E-state index in [1.165, 1.54) is 4.90 Å². The Hall–Kier alpha value is -2.99. The first-order valence-electron chi connectivity index (χ1n) is 8.40. The van der Waals surface area contributed by atoms with Gasteiger partial charge in [-0.1, -0.05) is 29.8 Å². The Labute approximate surface area is 161 Å². The van der Waals surface area contributed by atoms with Gasteiger partial charge in [0.15, 0.2) is 6.61 Å². The summed E-state index contributed by atoms with van der Waals surface area (Å²) in [6, 6.07) is 16.2. The maximum Gasteiger partial charge on any atom is 0.355 e. The van der Waals surface area contributed by atoms with Crippen molar-refractivity contribution in [1.29, 1.82) is 0 Å². The van der Waals surface area contributed by atoms with Gasteiger partial charge in [-0.3, -0.25) is 4.79 Å². The number of hydrogen-bond donors (Lipinski definition) is 1. The number of likely N-dealkylation sites (N-methyl/N-ethyl adjacent to an activating group) is 1. The number of ether oxygens (including phenoxy) is 2. The average molecular weight is 387 g/mol. The van der Waals surface area contributed by atoms with Crippen molar-refractivity contribution in [2.24, 2.45) is 0 Å². The first-order chi connectivity index (χ1) is 13.0. The lowest BCUT2D eigenvalue weighted by Crippen LogP contribution is -2.34. The molecule has 0 spiro atoms. The molecule has 1 aromatic heterocycles. The van der Waals surface area contributed by atoms with E-state index in [9.17, 15) is 9.59 Å². The second-order valence-electron chi connectivity index (χ2n) is 5.96. The van der Waals surface area contributed by atoms with Gasteiger partial charge < -0.3 is 19.4 Å². The summed E-state index contributed by atoms with van der Waals surface area (Å²) in [5.74, 6) is -0.199. The third kappa shape index (κ3) is 5.01. The van der Waals surface area contributed by atoms with E-state index in [-0.39, 0.29) is 12.5 Å². The number of nitrogens with zero attached hydrogens (tertiary/aromatic N) is 1. The van der Waals surface area contributed by atoms with E-state index in [0.29, 0.717) is 29.6 Å². The minimum atomic E-state index is -0.564. The fourth-order valence-corrected chi connectivity index (χ4v) is 2.58. The quantitative estimate of drug-likeness (QED) is 0.631. The van der Waals surface area contributed by atoms with Gasteiger partial charge in [0.1, 0.15) is 18.1 Å². The summed E-state index contributed by atoms with van der Waals surface area (Å²) >= 11 is 5.81. The van der Waals surface area contributed by atoms with E-state index in [0.717, 1.165) is 10.9 Å². The Morgan fingerprint density at radius 3 is 2.59 bits per heavy atom. The molecule has 1 amide bonds. The molecule has 140 valence electrons. The minimum absolute atomic E-state index is 0.306. The van der Waals surface area contributed by atoms with Crippen LogP contribution < -0.4 is 4.74 Å². The molecule has 2 aromatic carbocycles. The molecule has 27 heavy (non-hydrogen) atoms. The number of aromatic amines is 1. The molecule has 3 aromatic rings. The van der Waals surface area contributed by atoms with Crippen LogP contribution in [0.1, 0.15) is 10.5 Å². The van der Waals surface area contributed by atoms with Gasteiger partial charge in [0.25, 0.3) is 5.91 Å². The van der Waals surface area contributed by atoms with Gasteiger partial charge in [0.05, 0.1) is 6.54 Å². The maximum atomic E-state index is 12.1. The Bertz CT molecular complexity index is 904. The summed E-state index contributed by atoms with van der Waals surface area (Å²) in [6.45, 7) is 0.358. The first kappa shape index (κ1) is 18.8. The number of carbonyl (C=O) groups is 2. The highest BCUT2D eigenvalue weighted by atomic mass is 35.5. The van der Waals surface area contributed by atoms with E-state index in [4.69, 9.17) is 21.1 Å². The van der Waals surface area contributed by atoms with Crippen LogP contribution in [0.4, 0.5) is 0 Å². The SMILES string of the molecule is CN(CCOc1ccc(Cl)cc1)C(=O)COC(=O)c1cc2ccccc2[nH]1. The van der Waals surface area contributed by atoms with Gasteiger partial charge in [0.2, 0.25) is 0 Å². The van der Waals surface area contributed by atoms with E-state index in [1.807, 2.05) is 24.3 Å². The minimum Gasteiger partial charge on any atom is -0.492 e. The molecule has 0 unspecified atom stereocenters. The van der Waals surface area contributed by atoms with Crippen LogP contribution in [0.15, 0.2) is 54.6 Å². The predicted molar refractivity (Wildman–Crippen MR) is 103 cm³/mol. The number of rotatable bonds is 7. The number of amides is 1. The molecule has 0 aliphatic rings. The Kier molecular flexibility index (Phi) is 5.98. The molecule has 0 bridgehead atoms. The number of benzene rings is 2. The largest absolute Gasteiger partial charge is 0.492 e. The fraction of sp³-hybridized carbons (Fsp3) is 0.200. The monoisotopic (exact) mass is 386 g/mol. The summed E-state index contributed by atoms with van der Waals surface area (Å²) in [7, 11) is 1.63. The van der Waals surface area contributed by atoms with Gasteiger partial charge >= 0.3 is 5.97 Å². The van der Waals surface area contributed by atoms with Crippen LogP contribution in [0.25, 0.3) is 10.9 Å². The molecule has 0 saturated heterocycles. The van der Waals surface area contributed by atoms with Crippen LogP contribution in [0.2, 0.25) is 5.02 Å².